The summed E-state index contributed by atoms with van der Waals surface area (Å²) in [5.74, 6) is 0.837. The van der Waals surface area contributed by atoms with Gasteiger partial charge in [0.1, 0.15) is 11.9 Å². The lowest BCUT2D eigenvalue weighted by Gasteiger charge is -2.13. The monoisotopic (exact) mass is 276 g/mol. The number of ether oxygens (including phenoxy) is 1. The Bertz CT molecular complexity index is 540. The number of aliphatic hydroxyl groups is 1. The van der Waals surface area contributed by atoms with Crippen LogP contribution in [0.5, 0.6) is 5.75 Å². The number of hydrogen-bond donors (Lipinski definition) is 1. The van der Waals surface area contributed by atoms with Crippen molar-refractivity contribution in [2.24, 2.45) is 0 Å². The summed E-state index contributed by atoms with van der Waals surface area (Å²) in [5.41, 5.74) is 1.90. The Morgan fingerprint density at radius 3 is 2.21 bits per heavy atom. The van der Waals surface area contributed by atoms with Crippen LogP contribution < -0.4 is 4.74 Å². The number of aryl methyl sites for hydroxylation is 2. The summed E-state index contributed by atoms with van der Waals surface area (Å²) >= 11 is 1.72. The van der Waals surface area contributed by atoms with Crippen LogP contribution in [0, 0.1) is 13.8 Å². The number of thiophene rings is 1. The molecule has 19 heavy (non-hydrogen) atoms. The lowest BCUT2D eigenvalue weighted by Crippen LogP contribution is -2.06. The normalized spacial score (nSPS) is 12.7. The summed E-state index contributed by atoms with van der Waals surface area (Å²) in [5, 5.41) is 10.4. The molecule has 3 heteroatoms. The van der Waals surface area contributed by atoms with Crippen molar-refractivity contribution in [2.75, 3.05) is 0 Å². The minimum Gasteiger partial charge on any atom is -0.491 e. The Labute approximate surface area is 118 Å². The minimum atomic E-state index is -0.557. The van der Waals surface area contributed by atoms with Gasteiger partial charge in [0, 0.05) is 9.75 Å². The van der Waals surface area contributed by atoms with E-state index in [4.69, 9.17) is 4.74 Å². The largest absolute Gasteiger partial charge is 0.491 e. The summed E-state index contributed by atoms with van der Waals surface area (Å²) in [6.07, 6.45) is -0.393. The highest BCUT2D eigenvalue weighted by atomic mass is 32.1. The van der Waals surface area contributed by atoms with Crippen molar-refractivity contribution in [3.8, 4) is 5.75 Å². The van der Waals surface area contributed by atoms with Crippen LogP contribution in [0.1, 0.15) is 40.8 Å². The van der Waals surface area contributed by atoms with Crippen molar-refractivity contribution in [3.05, 3.63) is 51.2 Å². The van der Waals surface area contributed by atoms with E-state index in [0.29, 0.717) is 0 Å². The second-order valence-electron chi connectivity index (χ2n) is 5.01. The molecule has 102 valence electrons. The highest BCUT2D eigenvalue weighted by molar-refractivity contribution is 7.12. The Morgan fingerprint density at radius 2 is 1.74 bits per heavy atom. The highest BCUT2D eigenvalue weighted by Crippen LogP contribution is 2.31. The molecule has 0 amide bonds. The Morgan fingerprint density at radius 1 is 1.11 bits per heavy atom. The second kappa shape index (κ2) is 5.76. The van der Waals surface area contributed by atoms with Gasteiger partial charge in [-0.05, 0) is 57.0 Å². The summed E-state index contributed by atoms with van der Waals surface area (Å²) < 4.78 is 5.60. The van der Waals surface area contributed by atoms with E-state index in [0.717, 1.165) is 16.9 Å². The topological polar surface area (TPSA) is 29.5 Å². The lowest BCUT2D eigenvalue weighted by atomic mass is 10.0. The van der Waals surface area contributed by atoms with Crippen molar-refractivity contribution >= 4 is 11.3 Å². The molecule has 0 bridgehead atoms. The summed E-state index contributed by atoms with van der Waals surface area (Å²) in [4.78, 5) is 2.40. The Balaban J connectivity index is 2.20. The zero-order chi connectivity index (χ0) is 14.0. The summed E-state index contributed by atoms with van der Waals surface area (Å²) in [6, 6.07) is 9.73. The van der Waals surface area contributed by atoms with Crippen LogP contribution in [0.4, 0.5) is 0 Å². The molecule has 1 heterocycles. The van der Waals surface area contributed by atoms with Gasteiger partial charge in [0.2, 0.25) is 0 Å². The third-order valence-electron chi connectivity index (χ3n) is 2.94. The van der Waals surface area contributed by atoms with E-state index in [1.807, 2.05) is 45.0 Å². The van der Waals surface area contributed by atoms with Gasteiger partial charge >= 0.3 is 0 Å². The van der Waals surface area contributed by atoms with Crippen molar-refractivity contribution < 1.29 is 9.84 Å². The molecule has 2 aromatic rings. The van der Waals surface area contributed by atoms with E-state index >= 15 is 0 Å². The first-order chi connectivity index (χ1) is 8.97. The second-order valence-corrected chi connectivity index (χ2v) is 6.47. The zero-order valence-electron chi connectivity index (χ0n) is 11.8. The number of benzene rings is 1. The average molecular weight is 276 g/mol. The lowest BCUT2D eigenvalue weighted by molar-refractivity contribution is 0.219. The van der Waals surface area contributed by atoms with E-state index in [9.17, 15) is 5.11 Å². The van der Waals surface area contributed by atoms with Gasteiger partial charge in [-0.15, -0.1) is 11.3 Å². The quantitative estimate of drug-likeness (QED) is 0.905. The molecule has 2 rings (SSSR count). The molecule has 0 saturated carbocycles. The summed E-state index contributed by atoms with van der Waals surface area (Å²) in [6.45, 7) is 8.11. The van der Waals surface area contributed by atoms with Gasteiger partial charge in [-0.2, -0.15) is 0 Å². The van der Waals surface area contributed by atoms with Crippen molar-refractivity contribution in [2.45, 2.75) is 39.9 Å². The van der Waals surface area contributed by atoms with Gasteiger partial charge in [-0.3, -0.25) is 0 Å². The molecule has 1 aromatic heterocycles. The fraction of sp³-hybridized carbons (Fsp3) is 0.375. The fourth-order valence-corrected chi connectivity index (χ4v) is 3.06. The molecule has 0 aliphatic rings. The van der Waals surface area contributed by atoms with Crippen LogP contribution in [0.15, 0.2) is 30.3 Å². The van der Waals surface area contributed by atoms with Crippen LogP contribution in [0.2, 0.25) is 0 Å². The molecule has 1 aromatic carbocycles. The van der Waals surface area contributed by atoms with E-state index in [1.54, 1.807) is 11.3 Å². The van der Waals surface area contributed by atoms with Crippen LogP contribution >= 0.6 is 11.3 Å². The SMILES string of the molecule is Cc1cc(C(O)c2ccc(OC(C)C)cc2)c(C)s1. The molecule has 1 N–H and O–H groups in total. The molecular weight excluding hydrogens is 256 g/mol. The molecular formula is C16H20O2S. The first kappa shape index (κ1) is 14.1. The highest BCUT2D eigenvalue weighted by Gasteiger charge is 2.15. The molecule has 0 radical (unpaired) electrons. The Kier molecular flexibility index (Phi) is 4.27. The Hall–Kier alpha value is -1.32. The van der Waals surface area contributed by atoms with Crippen molar-refractivity contribution in [1.82, 2.24) is 0 Å². The summed E-state index contributed by atoms with van der Waals surface area (Å²) in [7, 11) is 0. The van der Waals surface area contributed by atoms with Gasteiger partial charge in [0.15, 0.2) is 0 Å². The maximum absolute atomic E-state index is 10.4. The van der Waals surface area contributed by atoms with Gasteiger partial charge in [0.25, 0.3) is 0 Å². The van der Waals surface area contributed by atoms with Gasteiger partial charge in [0.05, 0.1) is 6.10 Å². The third-order valence-corrected chi connectivity index (χ3v) is 3.92. The van der Waals surface area contributed by atoms with Crippen molar-refractivity contribution in [3.63, 3.8) is 0 Å². The third kappa shape index (κ3) is 3.37. The first-order valence-corrected chi connectivity index (χ1v) is 7.30. The van der Waals surface area contributed by atoms with Gasteiger partial charge < -0.3 is 9.84 Å². The van der Waals surface area contributed by atoms with Gasteiger partial charge in [-0.1, -0.05) is 12.1 Å². The van der Waals surface area contributed by atoms with E-state index in [-0.39, 0.29) is 6.10 Å². The molecule has 1 unspecified atom stereocenters. The van der Waals surface area contributed by atoms with Crippen LogP contribution in [0.3, 0.4) is 0 Å². The van der Waals surface area contributed by atoms with E-state index in [1.165, 1.54) is 9.75 Å². The van der Waals surface area contributed by atoms with Gasteiger partial charge in [-0.25, -0.2) is 0 Å². The van der Waals surface area contributed by atoms with Crippen LogP contribution in [-0.4, -0.2) is 11.2 Å². The first-order valence-electron chi connectivity index (χ1n) is 6.49. The molecule has 0 aliphatic carbocycles. The van der Waals surface area contributed by atoms with E-state index in [2.05, 4.69) is 13.0 Å². The number of rotatable bonds is 4. The molecule has 0 spiro atoms. The smallest absolute Gasteiger partial charge is 0.119 e. The maximum atomic E-state index is 10.4. The van der Waals surface area contributed by atoms with Crippen LogP contribution in [0.25, 0.3) is 0 Å². The number of aliphatic hydroxyl groups excluding tert-OH is 1. The predicted molar refractivity (Wildman–Crippen MR) is 80.1 cm³/mol. The standard InChI is InChI=1S/C16H20O2S/c1-10(2)18-14-7-5-13(6-8-14)16(17)15-9-11(3)19-12(15)4/h5-10,16-17H,1-4H3. The van der Waals surface area contributed by atoms with Crippen LogP contribution in [-0.2, 0) is 0 Å². The fourth-order valence-electron chi connectivity index (χ4n) is 2.10. The average Bonchev–Trinajstić information content (AvgIpc) is 2.68. The zero-order valence-corrected chi connectivity index (χ0v) is 12.6. The predicted octanol–water partition coefficient (Wildman–Crippen LogP) is 4.23. The molecule has 0 saturated heterocycles. The molecule has 0 aliphatic heterocycles. The molecule has 1 atom stereocenters. The van der Waals surface area contributed by atoms with E-state index < -0.39 is 6.10 Å². The number of hydrogen-bond acceptors (Lipinski definition) is 3. The molecule has 2 nitrogen and oxygen atoms in total. The van der Waals surface area contributed by atoms with Crippen molar-refractivity contribution in [1.29, 1.82) is 0 Å². The molecule has 0 fully saturated rings. The maximum Gasteiger partial charge on any atom is 0.119 e. The minimum absolute atomic E-state index is 0.164.